The number of hydrogen-bond acceptors (Lipinski definition) is 7. The van der Waals surface area contributed by atoms with E-state index in [2.05, 4.69) is 63.4 Å². The summed E-state index contributed by atoms with van der Waals surface area (Å²) < 4.78 is 46.3. The van der Waals surface area contributed by atoms with Crippen LogP contribution in [0.15, 0.2) is 73.3 Å². The number of amides is 1. The highest BCUT2D eigenvalue weighted by Crippen LogP contribution is 2.35. The van der Waals surface area contributed by atoms with Crippen LogP contribution in [0.5, 0.6) is 0 Å². The summed E-state index contributed by atoms with van der Waals surface area (Å²) >= 11 is 0. The number of alkyl halides is 3. The minimum Gasteiger partial charge on any atom is -0.350 e. The summed E-state index contributed by atoms with van der Waals surface area (Å²) in [6, 6.07) is 12.9. The lowest BCUT2D eigenvalue weighted by atomic mass is 10.0. The highest BCUT2D eigenvalue weighted by molar-refractivity contribution is 6.04. The third kappa shape index (κ3) is 9.00. The lowest BCUT2D eigenvalue weighted by Gasteiger charge is -2.34. The smallest absolute Gasteiger partial charge is 0.350 e. The molecule has 1 amide bonds. The van der Waals surface area contributed by atoms with E-state index in [9.17, 15) is 18.0 Å². The molecule has 0 atom stereocenters. The van der Waals surface area contributed by atoms with Crippen molar-refractivity contribution in [2.75, 3.05) is 64.0 Å². The Morgan fingerprint density at radius 3 is 2.52 bits per heavy atom. The van der Waals surface area contributed by atoms with Crippen LogP contribution in [0.1, 0.15) is 51.7 Å². The maximum absolute atomic E-state index is 14.2. The fourth-order valence-electron chi connectivity index (χ4n) is 6.25. The maximum atomic E-state index is 14.2. The summed E-state index contributed by atoms with van der Waals surface area (Å²) in [7, 11) is 4.10. The van der Waals surface area contributed by atoms with Gasteiger partial charge in [0, 0.05) is 68.5 Å². The molecule has 52 heavy (non-hydrogen) atoms. The van der Waals surface area contributed by atoms with Gasteiger partial charge in [0.15, 0.2) is 5.65 Å². The van der Waals surface area contributed by atoms with Gasteiger partial charge in [-0.25, -0.2) is 4.98 Å². The number of carbonyl (C=O) groups excluding carboxylic acids is 1. The molecule has 0 radical (unpaired) electrons. The molecular weight excluding hydrogens is 667 g/mol. The molecule has 0 bridgehead atoms. The largest absolute Gasteiger partial charge is 0.416 e. The third-order valence-corrected chi connectivity index (χ3v) is 9.24. The normalized spacial score (nSPS) is 14.1. The number of pyridine rings is 1. The lowest BCUT2D eigenvalue weighted by Crippen LogP contribution is -2.45. The quantitative estimate of drug-likeness (QED) is 0.155. The van der Waals surface area contributed by atoms with Gasteiger partial charge in [0.1, 0.15) is 5.69 Å². The van der Waals surface area contributed by atoms with Crippen LogP contribution in [-0.4, -0.2) is 93.1 Å². The number of nitrogens with zero attached hydrogens (tertiary/aromatic N) is 7. The van der Waals surface area contributed by atoms with Crippen molar-refractivity contribution in [2.45, 2.75) is 39.5 Å². The number of piperazine rings is 1. The molecule has 0 saturated carbocycles. The summed E-state index contributed by atoms with van der Waals surface area (Å²) in [6.45, 7) is 9.99. The number of aryl methyl sites for hydroxylation is 2. The Labute approximate surface area is 302 Å². The number of hydrogen-bond donors (Lipinski definition) is 2. The van der Waals surface area contributed by atoms with Gasteiger partial charge in [-0.3, -0.25) is 18.8 Å². The summed E-state index contributed by atoms with van der Waals surface area (Å²) in [5, 5.41) is 10.5. The van der Waals surface area contributed by atoms with Crippen molar-refractivity contribution >= 4 is 28.6 Å². The van der Waals surface area contributed by atoms with Crippen molar-refractivity contribution in [3.8, 4) is 11.8 Å². The molecule has 1 fully saturated rings. The van der Waals surface area contributed by atoms with E-state index in [1.807, 2.05) is 45.4 Å². The van der Waals surface area contributed by atoms with Crippen molar-refractivity contribution < 1.29 is 18.0 Å². The number of anilines is 3. The number of rotatable bonds is 11. The molecule has 3 aromatic heterocycles. The number of aromatic nitrogens is 4. The monoisotopic (exact) mass is 711 g/mol. The van der Waals surface area contributed by atoms with Gasteiger partial charge in [0.2, 0.25) is 0 Å². The van der Waals surface area contributed by atoms with Gasteiger partial charge >= 0.3 is 6.18 Å². The Bertz CT molecular complexity index is 2080. The molecule has 272 valence electrons. The average Bonchev–Trinajstić information content (AvgIpc) is 3.75. The Morgan fingerprint density at radius 2 is 1.77 bits per heavy atom. The zero-order valence-electron chi connectivity index (χ0n) is 30.0. The summed E-state index contributed by atoms with van der Waals surface area (Å²) in [4.78, 5) is 24.4. The average molecular weight is 712 g/mol. The number of benzene rings is 2. The molecule has 0 unspecified atom stereocenters. The van der Waals surface area contributed by atoms with E-state index in [4.69, 9.17) is 0 Å². The van der Waals surface area contributed by atoms with Crippen molar-refractivity contribution in [1.29, 1.82) is 0 Å². The van der Waals surface area contributed by atoms with Crippen LogP contribution in [0, 0.1) is 18.8 Å². The van der Waals surface area contributed by atoms with Gasteiger partial charge in [-0.05, 0) is 94.0 Å². The molecular formula is C39H44F3N9O. The first-order valence-corrected chi connectivity index (χ1v) is 17.5. The fourth-order valence-corrected chi connectivity index (χ4v) is 6.25. The van der Waals surface area contributed by atoms with Gasteiger partial charge in [-0.1, -0.05) is 25.0 Å². The number of halogens is 3. The highest BCUT2D eigenvalue weighted by atomic mass is 19.4. The van der Waals surface area contributed by atoms with Gasteiger partial charge in [-0.2, -0.15) is 18.3 Å². The molecule has 13 heteroatoms. The second kappa shape index (κ2) is 16.0. The predicted molar refractivity (Wildman–Crippen MR) is 198 cm³/mol. The topological polar surface area (TPSA) is 86.0 Å². The van der Waals surface area contributed by atoms with Crippen LogP contribution in [-0.2, 0) is 19.3 Å². The Hall–Kier alpha value is -5.16. The van der Waals surface area contributed by atoms with Gasteiger partial charge < -0.3 is 20.4 Å². The molecule has 10 nitrogen and oxygen atoms in total. The number of carbonyl (C=O) groups is 1. The second-order valence-corrected chi connectivity index (χ2v) is 13.3. The van der Waals surface area contributed by atoms with Crippen LogP contribution in [0.2, 0.25) is 0 Å². The van der Waals surface area contributed by atoms with Crippen LogP contribution in [0.3, 0.4) is 0 Å². The van der Waals surface area contributed by atoms with Crippen molar-refractivity contribution in [3.05, 3.63) is 107 Å². The number of imidazole rings is 1. The van der Waals surface area contributed by atoms with E-state index >= 15 is 0 Å². The van der Waals surface area contributed by atoms with E-state index < -0.39 is 17.6 Å². The first kappa shape index (κ1) is 36.6. The number of fused-ring (bicyclic) bond motifs is 1. The SMILES string of the molecule is CCN1CCN(Cc2ccc(NC(=O)c3ccc(C)c(C#Cc4cnc5c(Nc6cnn(CCCN(C)C)c6)cccn45)c3)cc2C(F)(F)F)CC1. The van der Waals surface area contributed by atoms with Crippen molar-refractivity contribution in [3.63, 3.8) is 0 Å². The van der Waals surface area contributed by atoms with Gasteiger partial charge in [0.25, 0.3) is 5.91 Å². The van der Waals surface area contributed by atoms with Crippen LogP contribution in [0.4, 0.5) is 30.2 Å². The molecule has 2 N–H and O–H groups in total. The van der Waals surface area contributed by atoms with Crippen LogP contribution < -0.4 is 10.6 Å². The number of likely N-dealkylation sites (N-methyl/N-ethyl adjacent to an activating group) is 1. The predicted octanol–water partition coefficient (Wildman–Crippen LogP) is 6.34. The minimum absolute atomic E-state index is 0.0805. The molecule has 2 aromatic carbocycles. The van der Waals surface area contributed by atoms with Crippen LogP contribution >= 0.6 is 0 Å². The maximum Gasteiger partial charge on any atom is 0.416 e. The fraction of sp³-hybridized carbons (Fsp3) is 0.359. The molecule has 1 aliphatic rings. The first-order chi connectivity index (χ1) is 25.0. The Balaban J connectivity index is 1.15. The molecule has 0 spiro atoms. The molecule has 1 aliphatic heterocycles. The van der Waals surface area contributed by atoms with Gasteiger partial charge in [0.05, 0.1) is 29.3 Å². The van der Waals surface area contributed by atoms with Gasteiger partial charge in [-0.15, -0.1) is 0 Å². The van der Waals surface area contributed by atoms with E-state index in [1.54, 1.807) is 30.6 Å². The Kier molecular flexibility index (Phi) is 11.3. The highest BCUT2D eigenvalue weighted by Gasteiger charge is 2.34. The zero-order valence-corrected chi connectivity index (χ0v) is 30.0. The van der Waals surface area contributed by atoms with Crippen LogP contribution in [0.25, 0.3) is 5.65 Å². The lowest BCUT2D eigenvalue weighted by molar-refractivity contribution is -0.138. The van der Waals surface area contributed by atoms with E-state index in [-0.39, 0.29) is 23.4 Å². The second-order valence-electron chi connectivity index (χ2n) is 13.3. The Morgan fingerprint density at radius 1 is 0.981 bits per heavy atom. The molecule has 6 rings (SSSR count). The van der Waals surface area contributed by atoms with E-state index in [1.165, 1.54) is 12.1 Å². The summed E-state index contributed by atoms with van der Waals surface area (Å²) in [5.41, 5.74) is 4.29. The third-order valence-electron chi connectivity index (χ3n) is 9.24. The molecule has 0 aliphatic carbocycles. The summed E-state index contributed by atoms with van der Waals surface area (Å²) in [6.07, 6.45) is 3.76. The van der Waals surface area contributed by atoms with E-state index in [0.29, 0.717) is 30.0 Å². The summed E-state index contributed by atoms with van der Waals surface area (Å²) in [5.74, 6) is 5.82. The molecule has 4 heterocycles. The van der Waals surface area contributed by atoms with Crippen molar-refractivity contribution in [2.24, 2.45) is 0 Å². The van der Waals surface area contributed by atoms with Crippen molar-refractivity contribution in [1.82, 2.24) is 33.9 Å². The first-order valence-electron chi connectivity index (χ1n) is 17.5. The molecule has 1 saturated heterocycles. The number of nitrogens with one attached hydrogen (secondary N) is 2. The standard InChI is InChI=1S/C39H44F3N9O/c1-5-48-18-20-49(21-19-48)26-31-11-13-32(23-35(31)39(40,41)42)46-38(52)30-10-9-28(2)29(22-30)12-14-34-25-43-37-36(8-6-17-51(34)37)45-33-24-44-50(27-33)16-7-15-47(3)4/h6,8-11,13,17,22-25,27,45H,5,7,15-16,18-21,26H2,1-4H3,(H,46,52). The van der Waals surface area contributed by atoms with E-state index in [0.717, 1.165) is 62.1 Å². The zero-order chi connectivity index (χ0) is 36.8. The molecule has 5 aromatic rings. The minimum atomic E-state index is -4.56.